The largest absolute Gasteiger partial charge is 0.352 e. The number of hydrazine groups is 2. The van der Waals surface area contributed by atoms with E-state index in [1.54, 1.807) is 16.3 Å². The number of amidine groups is 1. The second kappa shape index (κ2) is 3.62. The fourth-order valence-electron chi connectivity index (χ4n) is 1.43. The van der Waals surface area contributed by atoms with Crippen LogP contribution in [-0.4, -0.2) is 23.0 Å². The lowest BCUT2D eigenvalue weighted by molar-refractivity contribution is 0.338. The third-order valence-corrected chi connectivity index (χ3v) is 2.93. The molecule has 0 saturated carbocycles. The van der Waals surface area contributed by atoms with Crippen molar-refractivity contribution >= 4 is 17.2 Å². The molecular formula is C9H9N5OS. The van der Waals surface area contributed by atoms with Crippen molar-refractivity contribution in [3.05, 3.63) is 28.7 Å². The molecule has 16 heavy (non-hydrogen) atoms. The zero-order valence-corrected chi connectivity index (χ0v) is 9.28. The van der Waals surface area contributed by atoms with Crippen LogP contribution in [0.3, 0.4) is 0 Å². The van der Waals surface area contributed by atoms with Crippen LogP contribution in [0, 0.1) is 0 Å². The van der Waals surface area contributed by atoms with E-state index in [9.17, 15) is 0 Å². The van der Waals surface area contributed by atoms with Crippen LogP contribution >= 0.6 is 11.3 Å². The number of hydrogen-bond acceptors (Lipinski definition) is 7. The van der Waals surface area contributed by atoms with E-state index in [0.29, 0.717) is 11.6 Å². The topological polar surface area (TPSA) is 65.7 Å². The van der Waals surface area contributed by atoms with Crippen molar-refractivity contribution in [2.75, 3.05) is 7.05 Å². The Morgan fingerprint density at radius 1 is 1.50 bits per heavy atom. The highest BCUT2D eigenvalue weighted by Gasteiger charge is 2.19. The maximum Gasteiger partial charge on any atom is 0.211 e. The first kappa shape index (κ1) is 9.37. The van der Waals surface area contributed by atoms with E-state index >= 15 is 0 Å². The molecule has 0 saturated heterocycles. The molecule has 0 spiro atoms. The zero-order chi connectivity index (χ0) is 11.0. The van der Waals surface area contributed by atoms with Gasteiger partial charge in [0.25, 0.3) is 0 Å². The van der Waals surface area contributed by atoms with Gasteiger partial charge in [0.15, 0.2) is 0 Å². The lowest BCUT2D eigenvalue weighted by Crippen LogP contribution is -2.37. The Bertz CT molecular complexity index is 518. The summed E-state index contributed by atoms with van der Waals surface area (Å²) >= 11 is 1.63. The molecule has 2 aromatic rings. The number of thiophene rings is 1. The van der Waals surface area contributed by atoms with E-state index in [0.717, 1.165) is 11.3 Å². The molecule has 0 bridgehead atoms. The normalized spacial score (nSPS) is 15.1. The van der Waals surface area contributed by atoms with Crippen LogP contribution in [0.25, 0.3) is 11.3 Å². The Hall–Kier alpha value is -1.86. The molecule has 0 unspecified atom stereocenters. The molecule has 0 fully saturated rings. The molecule has 0 radical (unpaired) electrons. The van der Waals surface area contributed by atoms with Crippen molar-refractivity contribution in [3.63, 3.8) is 0 Å². The third kappa shape index (κ3) is 1.46. The smallest absolute Gasteiger partial charge is 0.211 e. The summed E-state index contributed by atoms with van der Waals surface area (Å²) in [5.74, 6) is 1.30. The summed E-state index contributed by atoms with van der Waals surface area (Å²) < 4.78 is 5.24. The van der Waals surface area contributed by atoms with Crippen molar-refractivity contribution in [2.24, 2.45) is 5.10 Å². The average Bonchev–Trinajstić information content (AvgIpc) is 2.96. The SMILES string of the molecule is CN1NNN=C1c1cc(-c2ccsc2)no1. The summed E-state index contributed by atoms with van der Waals surface area (Å²) in [5.41, 5.74) is 7.33. The van der Waals surface area contributed by atoms with E-state index in [1.165, 1.54) is 0 Å². The van der Waals surface area contributed by atoms with Crippen LogP contribution in [-0.2, 0) is 0 Å². The van der Waals surface area contributed by atoms with Gasteiger partial charge in [0.1, 0.15) is 5.69 Å². The van der Waals surface area contributed by atoms with Gasteiger partial charge >= 0.3 is 0 Å². The third-order valence-electron chi connectivity index (χ3n) is 2.24. The minimum Gasteiger partial charge on any atom is -0.352 e. The standard InChI is InChI=1S/C9H9N5OS/c1-14-9(10-12-13-14)8-4-7(11-15-8)6-2-3-16-5-6/h2-5,12-13H,1H3. The van der Waals surface area contributed by atoms with Crippen LogP contribution in [0.5, 0.6) is 0 Å². The number of hydrogen-bond donors (Lipinski definition) is 2. The molecule has 1 aliphatic rings. The molecule has 2 aromatic heterocycles. The fourth-order valence-corrected chi connectivity index (χ4v) is 2.08. The second-order valence-electron chi connectivity index (χ2n) is 3.31. The summed E-state index contributed by atoms with van der Waals surface area (Å²) in [4.78, 5) is 0. The van der Waals surface area contributed by atoms with E-state index in [1.807, 2.05) is 29.9 Å². The van der Waals surface area contributed by atoms with Crippen LogP contribution in [0.15, 0.2) is 32.5 Å². The molecule has 0 aliphatic carbocycles. The number of nitrogens with zero attached hydrogens (tertiary/aromatic N) is 3. The molecular weight excluding hydrogens is 226 g/mol. The molecule has 0 atom stereocenters. The lowest BCUT2D eigenvalue weighted by atomic mass is 10.2. The molecule has 0 aromatic carbocycles. The first-order valence-electron chi connectivity index (χ1n) is 4.66. The maximum absolute atomic E-state index is 5.24. The zero-order valence-electron chi connectivity index (χ0n) is 8.47. The number of aromatic nitrogens is 1. The highest BCUT2D eigenvalue weighted by Crippen LogP contribution is 2.22. The Morgan fingerprint density at radius 3 is 3.12 bits per heavy atom. The van der Waals surface area contributed by atoms with Crippen LogP contribution in [0.2, 0.25) is 0 Å². The van der Waals surface area contributed by atoms with Crippen LogP contribution < -0.4 is 11.1 Å². The van der Waals surface area contributed by atoms with Gasteiger partial charge in [-0.25, -0.2) is 5.53 Å². The fraction of sp³-hybridized carbons (Fsp3) is 0.111. The van der Waals surface area contributed by atoms with Crippen molar-refractivity contribution in [3.8, 4) is 11.3 Å². The van der Waals surface area contributed by atoms with Gasteiger partial charge < -0.3 is 4.52 Å². The molecule has 6 nitrogen and oxygen atoms in total. The highest BCUT2D eigenvalue weighted by atomic mass is 32.1. The predicted molar refractivity (Wildman–Crippen MR) is 60.4 cm³/mol. The van der Waals surface area contributed by atoms with Gasteiger partial charge in [0, 0.05) is 24.1 Å². The van der Waals surface area contributed by atoms with Crippen molar-refractivity contribution in [1.82, 2.24) is 21.2 Å². The molecule has 7 heteroatoms. The Balaban J connectivity index is 1.94. The molecule has 0 amide bonds. The summed E-state index contributed by atoms with van der Waals surface area (Å²) in [7, 11) is 1.84. The van der Waals surface area contributed by atoms with Crippen LogP contribution in [0.1, 0.15) is 5.76 Å². The number of rotatable bonds is 2. The monoisotopic (exact) mass is 235 g/mol. The summed E-state index contributed by atoms with van der Waals surface area (Å²) in [6.45, 7) is 0. The molecule has 1 aliphatic heterocycles. The van der Waals surface area contributed by atoms with Gasteiger partial charge in [-0.2, -0.15) is 11.3 Å². The summed E-state index contributed by atoms with van der Waals surface area (Å²) in [6, 6.07) is 3.87. The van der Waals surface area contributed by atoms with E-state index in [2.05, 4.69) is 21.3 Å². The van der Waals surface area contributed by atoms with Crippen molar-refractivity contribution in [1.29, 1.82) is 0 Å². The molecule has 82 valence electrons. The average molecular weight is 235 g/mol. The minimum absolute atomic E-state index is 0.626. The van der Waals surface area contributed by atoms with Gasteiger partial charge in [-0.1, -0.05) is 5.16 Å². The number of hydrazone groups is 1. The van der Waals surface area contributed by atoms with Crippen LogP contribution in [0.4, 0.5) is 0 Å². The lowest BCUT2D eigenvalue weighted by Gasteiger charge is -2.08. The highest BCUT2D eigenvalue weighted by molar-refractivity contribution is 7.08. The quantitative estimate of drug-likeness (QED) is 0.813. The van der Waals surface area contributed by atoms with E-state index in [-0.39, 0.29) is 0 Å². The maximum atomic E-state index is 5.24. The van der Waals surface area contributed by atoms with E-state index < -0.39 is 0 Å². The first-order chi connectivity index (χ1) is 7.84. The van der Waals surface area contributed by atoms with Gasteiger partial charge in [-0.05, 0) is 11.4 Å². The first-order valence-corrected chi connectivity index (χ1v) is 5.60. The minimum atomic E-state index is 0.626. The predicted octanol–water partition coefficient (Wildman–Crippen LogP) is 1.02. The van der Waals surface area contributed by atoms with Gasteiger partial charge in [0.05, 0.1) is 0 Å². The van der Waals surface area contributed by atoms with Gasteiger partial charge in [-0.15, -0.1) is 10.6 Å². The molecule has 3 heterocycles. The van der Waals surface area contributed by atoms with Gasteiger partial charge in [0.2, 0.25) is 11.6 Å². The Morgan fingerprint density at radius 2 is 2.44 bits per heavy atom. The summed E-state index contributed by atoms with van der Waals surface area (Å²) in [6.07, 6.45) is 0. The molecule has 3 rings (SSSR count). The summed E-state index contributed by atoms with van der Waals surface area (Å²) in [5, 5.41) is 13.8. The Kier molecular flexibility index (Phi) is 2.12. The van der Waals surface area contributed by atoms with Crippen molar-refractivity contribution < 1.29 is 4.52 Å². The second-order valence-corrected chi connectivity index (χ2v) is 4.09. The number of nitrogens with one attached hydrogen (secondary N) is 2. The van der Waals surface area contributed by atoms with Gasteiger partial charge in [-0.3, -0.25) is 5.01 Å². The van der Waals surface area contributed by atoms with E-state index in [4.69, 9.17) is 4.52 Å². The Labute approximate surface area is 95.5 Å². The van der Waals surface area contributed by atoms with Crippen molar-refractivity contribution in [2.45, 2.75) is 0 Å². The molecule has 2 N–H and O–H groups in total.